The lowest BCUT2D eigenvalue weighted by molar-refractivity contribution is 0.660. The van der Waals surface area contributed by atoms with E-state index in [2.05, 4.69) is 91.5 Å². The van der Waals surface area contributed by atoms with Gasteiger partial charge in [-0.1, -0.05) is 62.4 Å². The number of nitrogens with zero attached hydrogens (tertiary/aromatic N) is 3. The first-order chi connectivity index (χ1) is 24.6. The SMILES string of the molecule is CC(C)c1ccc(N(c2ccc3c(c2)oc2c3ncc3oc4ccccc4c32)c2ccc3c(c2)oc2c3ncc3oc4ccccc4c32)cc1. The van der Waals surface area contributed by atoms with Crippen molar-refractivity contribution in [3.05, 3.63) is 127 Å². The molecule has 0 aliphatic heterocycles. The summed E-state index contributed by atoms with van der Waals surface area (Å²) in [5.41, 5.74) is 11.8. The first kappa shape index (κ1) is 27.4. The molecule has 0 aliphatic rings. The predicted molar refractivity (Wildman–Crippen MR) is 200 cm³/mol. The Morgan fingerprint density at radius 1 is 0.460 bits per heavy atom. The maximum absolute atomic E-state index is 6.64. The van der Waals surface area contributed by atoms with E-state index >= 15 is 0 Å². The lowest BCUT2D eigenvalue weighted by atomic mass is 10.0. The summed E-state index contributed by atoms with van der Waals surface area (Å²) in [6, 6.07) is 37.4. The summed E-state index contributed by atoms with van der Waals surface area (Å²) in [6.07, 6.45) is 3.58. The molecule has 11 aromatic rings. The number of furan rings is 4. The third kappa shape index (κ3) is 3.80. The molecule has 238 valence electrons. The molecule has 0 fully saturated rings. The van der Waals surface area contributed by atoms with E-state index in [4.69, 9.17) is 27.6 Å². The molecule has 7 heteroatoms. The second-order valence-corrected chi connectivity index (χ2v) is 13.2. The first-order valence-electron chi connectivity index (χ1n) is 16.7. The number of pyridine rings is 2. The van der Waals surface area contributed by atoms with Gasteiger partial charge in [0.1, 0.15) is 33.4 Å². The first-order valence-corrected chi connectivity index (χ1v) is 16.7. The smallest absolute Gasteiger partial charge is 0.165 e. The highest BCUT2D eigenvalue weighted by Crippen LogP contribution is 2.44. The largest absolute Gasteiger partial charge is 0.454 e. The Balaban J connectivity index is 1.12. The molecule has 0 unspecified atom stereocenters. The van der Waals surface area contributed by atoms with E-state index in [1.165, 1.54) is 5.56 Å². The highest BCUT2D eigenvalue weighted by molar-refractivity contribution is 6.22. The molecule has 0 spiro atoms. The Kier molecular flexibility index (Phi) is 5.45. The molecule has 11 rings (SSSR count). The average molecular weight is 650 g/mol. The topological polar surface area (TPSA) is 81.6 Å². The van der Waals surface area contributed by atoms with Gasteiger partial charge in [0, 0.05) is 50.7 Å². The van der Waals surface area contributed by atoms with Crippen LogP contribution in [0.2, 0.25) is 0 Å². The molecule has 0 saturated carbocycles. The zero-order valence-electron chi connectivity index (χ0n) is 27.1. The van der Waals surface area contributed by atoms with Crippen LogP contribution < -0.4 is 4.90 Å². The van der Waals surface area contributed by atoms with Crippen LogP contribution in [0.1, 0.15) is 25.3 Å². The molecule has 0 N–H and O–H groups in total. The van der Waals surface area contributed by atoms with Crippen LogP contribution in [-0.4, -0.2) is 9.97 Å². The molecule has 0 amide bonds. The molecule has 7 nitrogen and oxygen atoms in total. The summed E-state index contributed by atoms with van der Waals surface area (Å²) in [6.45, 7) is 4.42. The minimum absolute atomic E-state index is 0.419. The van der Waals surface area contributed by atoms with Gasteiger partial charge < -0.3 is 22.6 Å². The predicted octanol–water partition coefficient (Wildman–Crippen LogP) is 12.7. The van der Waals surface area contributed by atoms with E-state index in [1.807, 2.05) is 36.4 Å². The van der Waals surface area contributed by atoms with Crippen LogP contribution in [-0.2, 0) is 0 Å². The van der Waals surface area contributed by atoms with Crippen LogP contribution >= 0.6 is 0 Å². The fourth-order valence-electron chi connectivity index (χ4n) is 7.50. The van der Waals surface area contributed by atoms with Gasteiger partial charge in [0.05, 0.1) is 23.2 Å². The van der Waals surface area contributed by atoms with Crippen molar-refractivity contribution in [2.75, 3.05) is 4.90 Å². The fraction of sp³-hybridized carbons (Fsp3) is 0.0698. The number of para-hydroxylation sites is 2. The third-order valence-electron chi connectivity index (χ3n) is 9.95. The van der Waals surface area contributed by atoms with Gasteiger partial charge in [-0.15, -0.1) is 0 Å². The van der Waals surface area contributed by atoms with Gasteiger partial charge >= 0.3 is 0 Å². The number of aromatic nitrogens is 2. The Labute approximate surface area is 283 Å². The monoisotopic (exact) mass is 649 g/mol. The Morgan fingerprint density at radius 3 is 1.44 bits per heavy atom. The highest BCUT2D eigenvalue weighted by atomic mass is 16.4. The van der Waals surface area contributed by atoms with E-state index in [1.54, 1.807) is 12.4 Å². The van der Waals surface area contributed by atoms with Gasteiger partial charge in [0.2, 0.25) is 0 Å². The molecular weight excluding hydrogens is 622 g/mol. The Bertz CT molecular complexity index is 2950. The van der Waals surface area contributed by atoms with Crippen molar-refractivity contribution in [2.24, 2.45) is 0 Å². The van der Waals surface area contributed by atoms with Crippen LogP contribution in [0.4, 0.5) is 17.1 Å². The van der Waals surface area contributed by atoms with Crippen molar-refractivity contribution in [3.8, 4) is 0 Å². The minimum atomic E-state index is 0.419. The van der Waals surface area contributed by atoms with Crippen LogP contribution in [0, 0.1) is 0 Å². The third-order valence-corrected chi connectivity index (χ3v) is 9.95. The molecule has 6 heterocycles. The van der Waals surface area contributed by atoms with Gasteiger partial charge in [-0.3, -0.25) is 0 Å². The minimum Gasteiger partial charge on any atom is -0.454 e. The molecule has 0 saturated heterocycles. The second kappa shape index (κ2) is 9.96. The van der Waals surface area contributed by atoms with Crippen molar-refractivity contribution < 1.29 is 17.7 Å². The lowest BCUT2D eigenvalue weighted by Gasteiger charge is -2.25. The number of rotatable bonds is 4. The molecule has 5 aromatic carbocycles. The maximum atomic E-state index is 6.64. The quantitative estimate of drug-likeness (QED) is 0.188. The van der Waals surface area contributed by atoms with E-state index in [0.29, 0.717) is 17.1 Å². The Hall–Kier alpha value is -6.60. The van der Waals surface area contributed by atoms with Crippen molar-refractivity contribution >= 4 is 105 Å². The van der Waals surface area contributed by atoms with Crippen molar-refractivity contribution in [3.63, 3.8) is 0 Å². The van der Waals surface area contributed by atoms with Crippen LogP contribution in [0.15, 0.2) is 139 Å². The number of anilines is 3. The zero-order valence-corrected chi connectivity index (χ0v) is 27.1. The summed E-state index contributed by atoms with van der Waals surface area (Å²) < 4.78 is 25.5. The van der Waals surface area contributed by atoms with Crippen molar-refractivity contribution in [2.45, 2.75) is 19.8 Å². The van der Waals surface area contributed by atoms with Gasteiger partial charge in [-0.05, 0) is 60.0 Å². The number of fused-ring (bicyclic) bond motifs is 14. The summed E-state index contributed by atoms with van der Waals surface area (Å²) >= 11 is 0. The molecule has 0 bridgehead atoms. The lowest BCUT2D eigenvalue weighted by Crippen LogP contribution is -2.10. The van der Waals surface area contributed by atoms with Crippen molar-refractivity contribution in [1.29, 1.82) is 0 Å². The van der Waals surface area contributed by atoms with Gasteiger partial charge in [-0.25, -0.2) is 9.97 Å². The van der Waals surface area contributed by atoms with E-state index in [-0.39, 0.29) is 0 Å². The van der Waals surface area contributed by atoms with E-state index in [9.17, 15) is 0 Å². The molecule has 0 aliphatic carbocycles. The van der Waals surface area contributed by atoms with Crippen LogP contribution in [0.25, 0.3) is 88.0 Å². The van der Waals surface area contributed by atoms with Gasteiger partial charge in [-0.2, -0.15) is 0 Å². The van der Waals surface area contributed by atoms with E-state index in [0.717, 1.165) is 93.9 Å². The van der Waals surface area contributed by atoms with Gasteiger partial charge in [0.15, 0.2) is 22.3 Å². The number of hydrogen-bond donors (Lipinski definition) is 0. The molecule has 0 atom stereocenters. The summed E-state index contributed by atoms with van der Waals surface area (Å²) in [7, 11) is 0. The summed E-state index contributed by atoms with van der Waals surface area (Å²) in [5.74, 6) is 0.419. The standard InChI is InChI=1S/C43H27N3O4/c1-23(2)24-11-13-25(14-12-24)46(26-15-17-30-34(19-26)49-42-38-28-7-3-5-9-32(28)47-36(38)21-44-40(30)42)27-16-18-31-35(20-27)50-43-39-29-8-4-6-10-33(29)48-37(39)22-45-41(31)43/h3-23H,1-2H3. The number of hydrogen-bond acceptors (Lipinski definition) is 7. The summed E-state index contributed by atoms with van der Waals surface area (Å²) in [4.78, 5) is 11.8. The number of benzene rings is 5. The molecule has 6 aromatic heterocycles. The van der Waals surface area contributed by atoms with Gasteiger partial charge in [0.25, 0.3) is 0 Å². The second-order valence-electron chi connectivity index (χ2n) is 13.2. The van der Waals surface area contributed by atoms with Crippen LogP contribution in [0.5, 0.6) is 0 Å². The Morgan fingerprint density at radius 2 is 0.940 bits per heavy atom. The zero-order chi connectivity index (χ0) is 33.1. The average Bonchev–Trinajstić information content (AvgIpc) is 3.90. The van der Waals surface area contributed by atoms with E-state index < -0.39 is 0 Å². The van der Waals surface area contributed by atoms with Crippen LogP contribution in [0.3, 0.4) is 0 Å². The van der Waals surface area contributed by atoms with Crippen molar-refractivity contribution in [1.82, 2.24) is 9.97 Å². The molecular formula is C43H27N3O4. The summed E-state index contributed by atoms with van der Waals surface area (Å²) in [5, 5.41) is 5.79. The highest BCUT2D eigenvalue weighted by Gasteiger charge is 2.22. The molecule has 50 heavy (non-hydrogen) atoms. The normalized spacial score (nSPS) is 12.4. The maximum Gasteiger partial charge on any atom is 0.165 e. The molecule has 0 radical (unpaired) electrons. The fourth-order valence-corrected chi connectivity index (χ4v) is 7.50.